The molecule has 0 aromatic heterocycles. The maximum atomic E-state index is 8.26. The summed E-state index contributed by atoms with van der Waals surface area (Å²) in [6, 6.07) is 0. The molecule has 0 radical (unpaired) electrons. The van der Waals surface area contributed by atoms with Gasteiger partial charge in [0.1, 0.15) is 0 Å². The van der Waals surface area contributed by atoms with Gasteiger partial charge in [-0.3, -0.25) is 0 Å². The number of nitrogens with one attached hydrogen (secondary N) is 1. The summed E-state index contributed by atoms with van der Waals surface area (Å²) in [7, 11) is 0. The molecule has 0 aliphatic carbocycles. The van der Waals surface area contributed by atoms with Gasteiger partial charge in [-0.1, -0.05) is 6.08 Å². The molecule has 0 bridgehead atoms. The normalized spacial score (nSPS) is 11.4. The van der Waals surface area contributed by atoms with E-state index in [4.69, 9.17) is 15.3 Å². The molecule has 0 rings (SSSR count). The van der Waals surface area contributed by atoms with Gasteiger partial charge in [-0.2, -0.15) is 0 Å². The topological polar surface area (TPSA) is 72.7 Å². The lowest BCUT2D eigenvalue weighted by atomic mass is 10.5. The molecule has 0 amide bonds. The van der Waals surface area contributed by atoms with Crippen molar-refractivity contribution in [3.05, 3.63) is 12.7 Å². The Morgan fingerprint density at radius 1 is 1.44 bits per heavy atom. The van der Waals surface area contributed by atoms with Crippen LogP contribution >= 0.6 is 0 Å². The summed E-state index contributed by atoms with van der Waals surface area (Å²) in [6.07, 6.45) is 1.55. The van der Waals surface area contributed by atoms with Gasteiger partial charge in [-0.05, 0) is 0 Å². The molecule has 0 fully saturated rings. The van der Waals surface area contributed by atoms with Gasteiger partial charge >= 0.3 is 0 Å². The Bertz CT molecular complexity index is 86.7. The van der Waals surface area contributed by atoms with Crippen molar-refractivity contribution in [3.8, 4) is 0 Å². The first-order valence-corrected chi connectivity index (χ1v) is 2.55. The standard InChI is InChI=1S/C5H11NO3/c1-2-3-6-4-5(7,8)9/h2,6-9H,1,3-4H2. The van der Waals surface area contributed by atoms with Gasteiger partial charge in [0, 0.05) is 6.54 Å². The molecular weight excluding hydrogens is 122 g/mol. The van der Waals surface area contributed by atoms with Crippen LogP contribution in [0.2, 0.25) is 0 Å². The number of rotatable bonds is 4. The monoisotopic (exact) mass is 133 g/mol. The molecule has 54 valence electrons. The molecule has 0 saturated heterocycles. The van der Waals surface area contributed by atoms with Crippen molar-refractivity contribution >= 4 is 0 Å². The van der Waals surface area contributed by atoms with Gasteiger partial charge in [0.2, 0.25) is 0 Å². The summed E-state index contributed by atoms with van der Waals surface area (Å²) in [6.45, 7) is 3.53. The predicted molar refractivity (Wildman–Crippen MR) is 32.5 cm³/mol. The van der Waals surface area contributed by atoms with Crippen LogP contribution in [0.1, 0.15) is 0 Å². The van der Waals surface area contributed by atoms with Gasteiger partial charge in [0.05, 0.1) is 6.54 Å². The first-order chi connectivity index (χ1) is 4.06. The highest BCUT2D eigenvalue weighted by molar-refractivity contribution is 4.70. The molecule has 0 aromatic rings. The molecule has 0 spiro atoms. The van der Waals surface area contributed by atoms with Crippen LogP contribution in [0.5, 0.6) is 0 Å². The largest absolute Gasteiger partial charge is 0.343 e. The summed E-state index contributed by atoms with van der Waals surface area (Å²) in [5.74, 6) is -2.61. The lowest BCUT2D eigenvalue weighted by molar-refractivity contribution is -0.306. The van der Waals surface area contributed by atoms with Crippen LogP contribution in [-0.2, 0) is 0 Å². The number of aliphatic hydroxyl groups is 3. The highest BCUT2D eigenvalue weighted by Gasteiger charge is 2.15. The van der Waals surface area contributed by atoms with Gasteiger partial charge in [0.25, 0.3) is 5.97 Å². The van der Waals surface area contributed by atoms with E-state index in [1.807, 2.05) is 0 Å². The zero-order valence-corrected chi connectivity index (χ0v) is 5.04. The fourth-order valence-corrected chi connectivity index (χ4v) is 0.342. The van der Waals surface area contributed by atoms with Crippen LogP contribution < -0.4 is 5.32 Å². The van der Waals surface area contributed by atoms with Gasteiger partial charge in [0.15, 0.2) is 0 Å². The van der Waals surface area contributed by atoms with Crippen LogP contribution in [0.4, 0.5) is 0 Å². The Morgan fingerprint density at radius 2 is 2.00 bits per heavy atom. The lowest BCUT2D eigenvalue weighted by Gasteiger charge is -2.13. The van der Waals surface area contributed by atoms with Crippen molar-refractivity contribution in [1.82, 2.24) is 5.32 Å². The second-order valence-corrected chi connectivity index (χ2v) is 1.69. The van der Waals surface area contributed by atoms with Crippen molar-refractivity contribution in [1.29, 1.82) is 0 Å². The zero-order chi connectivity index (χ0) is 7.33. The van der Waals surface area contributed by atoms with Crippen LogP contribution in [0.25, 0.3) is 0 Å². The van der Waals surface area contributed by atoms with E-state index in [9.17, 15) is 0 Å². The Hall–Kier alpha value is -0.420. The molecule has 4 heteroatoms. The van der Waals surface area contributed by atoms with Crippen molar-refractivity contribution in [2.75, 3.05) is 13.1 Å². The van der Waals surface area contributed by atoms with Crippen molar-refractivity contribution < 1.29 is 15.3 Å². The molecule has 4 N–H and O–H groups in total. The predicted octanol–water partition coefficient (Wildman–Crippen LogP) is -1.61. The minimum absolute atomic E-state index is 0.279. The summed E-state index contributed by atoms with van der Waals surface area (Å²) < 4.78 is 0. The first kappa shape index (κ1) is 8.58. The maximum absolute atomic E-state index is 8.26. The van der Waals surface area contributed by atoms with Crippen molar-refractivity contribution in [2.45, 2.75) is 5.97 Å². The highest BCUT2D eigenvalue weighted by atomic mass is 16.7. The Labute approximate surface area is 53.4 Å². The first-order valence-electron chi connectivity index (χ1n) is 2.55. The zero-order valence-electron chi connectivity index (χ0n) is 5.04. The van der Waals surface area contributed by atoms with Crippen molar-refractivity contribution in [2.24, 2.45) is 0 Å². The van der Waals surface area contributed by atoms with E-state index < -0.39 is 5.97 Å². The average Bonchev–Trinajstić information content (AvgIpc) is 1.63. The Balaban J connectivity index is 3.17. The van der Waals surface area contributed by atoms with Crippen LogP contribution in [0, 0.1) is 0 Å². The van der Waals surface area contributed by atoms with Gasteiger partial charge in [-0.25, -0.2) is 0 Å². The van der Waals surface area contributed by atoms with E-state index in [-0.39, 0.29) is 6.54 Å². The molecule has 0 aromatic carbocycles. The lowest BCUT2D eigenvalue weighted by Crippen LogP contribution is -2.40. The summed E-state index contributed by atoms with van der Waals surface area (Å²) in [5.41, 5.74) is 0. The fourth-order valence-electron chi connectivity index (χ4n) is 0.342. The summed E-state index contributed by atoms with van der Waals surface area (Å²) in [5, 5.41) is 27.3. The second kappa shape index (κ2) is 3.58. The molecule has 9 heavy (non-hydrogen) atoms. The third-order valence-electron chi connectivity index (χ3n) is 0.651. The second-order valence-electron chi connectivity index (χ2n) is 1.69. The van der Waals surface area contributed by atoms with E-state index in [2.05, 4.69) is 11.9 Å². The summed E-state index contributed by atoms with van der Waals surface area (Å²) in [4.78, 5) is 0. The molecule has 4 nitrogen and oxygen atoms in total. The molecule has 0 unspecified atom stereocenters. The third-order valence-corrected chi connectivity index (χ3v) is 0.651. The fraction of sp³-hybridized carbons (Fsp3) is 0.600. The Morgan fingerprint density at radius 3 is 2.33 bits per heavy atom. The van der Waals surface area contributed by atoms with Gasteiger partial charge < -0.3 is 20.6 Å². The minimum Gasteiger partial charge on any atom is -0.343 e. The van der Waals surface area contributed by atoms with E-state index in [0.717, 1.165) is 0 Å². The van der Waals surface area contributed by atoms with E-state index in [1.54, 1.807) is 6.08 Å². The molecular formula is C5H11NO3. The maximum Gasteiger partial charge on any atom is 0.288 e. The molecule has 0 aliphatic rings. The smallest absolute Gasteiger partial charge is 0.288 e. The van der Waals surface area contributed by atoms with Crippen LogP contribution in [-0.4, -0.2) is 34.4 Å². The summed E-state index contributed by atoms with van der Waals surface area (Å²) >= 11 is 0. The SMILES string of the molecule is C=CCNCC(O)(O)O. The van der Waals surface area contributed by atoms with E-state index >= 15 is 0 Å². The highest BCUT2D eigenvalue weighted by Crippen LogP contribution is 1.86. The van der Waals surface area contributed by atoms with E-state index in [1.165, 1.54) is 0 Å². The van der Waals surface area contributed by atoms with E-state index in [0.29, 0.717) is 6.54 Å². The molecule has 0 atom stereocenters. The minimum atomic E-state index is -2.61. The van der Waals surface area contributed by atoms with Crippen LogP contribution in [0.3, 0.4) is 0 Å². The molecule has 0 saturated carbocycles. The number of hydrogen-bond acceptors (Lipinski definition) is 4. The number of hydrogen-bond donors (Lipinski definition) is 4. The van der Waals surface area contributed by atoms with Gasteiger partial charge in [-0.15, -0.1) is 6.58 Å². The Kier molecular flexibility index (Phi) is 3.41. The molecule has 0 aliphatic heterocycles. The van der Waals surface area contributed by atoms with Crippen LogP contribution in [0.15, 0.2) is 12.7 Å². The molecule has 0 heterocycles. The third kappa shape index (κ3) is 7.58. The quantitative estimate of drug-likeness (QED) is 0.211. The van der Waals surface area contributed by atoms with Crippen molar-refractivity contribution in [3.63, 3.8) is 0 Å². The average molecular weight is 133 g/mol.